The van der Waals surface area contributed by atoms with Crippen LogP contribution in [-0.4, -0.2) is 44.0 Å². The van der Waals surface area contributed by atoms with Gasteiger partial charge in [-0.3, -0.25) is 13.9 Å². The van der Waals surface area contributed by atoms with Gasteiger partial charge in [0.1, 0.15) is 5.82 Å². The van der Waals surface area contributed by atoms with Gasteiger partial charge < -0.3 is 4.57 Å². The van der Waals surface area contributed by atoms with E-state index >= 15 is 0 Å². The zero-order chi connectivity index (χ0) is 21.7. The standard InChI is InChI=1S/C20H20N8O2S/c1-12-22-16-13-7-4-5-8-14(13)23-19(28(16)24-12)31-10-6-9-27-18(29)15-17(21-11-25(15)2)26(3)20(27)30/h4-5,7-8,11H,6,9-10H2,1-3H3. The number of nitrogens with zero attached hydrogens (tertiary/aromatic N) is 8. The van der Waals surface area contributed by atoms with Crippen molar-refractivity contribution in [1.82, 2.24) is 38.3 Å². The lowest BCUT2D eigenvalue weighted by molar-refractivity contribution is 0.594. The molecule has 0 aliphatic rings. The molecule has 10 nitrogen and oxygen atoms in total. The Kier molecular flexibility index (Phi) is 4.62. The molecule has 0 radical (unpaired) electrons. The Morgan fingerprint density at radius 3 is 2.71 bits per heavy atom. The highest BCUT2D eigenvalue weighted by molar-refractivity contribution is 7.99. The van der Waals surface area contributed by atoms with Crippen LogP contribution in [0.4, 0.5) is 0 Å². The number of thioether (sulfide) groups is 1. The molecule has 158 valence electrons. The molecule has 0 atom stereocenters. The third kappa shape index (κ3) is 3.12. The third-order valence-electron chi connectivity index (χ3n) is 5.21. The smallest absolute Gasteiger partial charge is 0.328 e. The van der Waals surface area contributed by atoms with E-state index in [2.05, 4.69) is 15.1 Å². The van der Waals surface area contributed by atoms with Crippen molar-refractivity contribution in [1.29, 1.82) is 0 Å². The van der Waals surface area contributed by atoms with Crippen molar-refractivity contribution < 1.29 is 0 Å². The van der Waals surface area contributed by atoms with Crippen molar-refractivity contribution in [2.45, 2.75) is 25.0 Å². The van der Waals surface area contributed by atoms with Gasteiger partial charge in [-0.25, -0.2) is 19.7 Å². The lowest BCUT2D eigenvalue weighted by Crippen LogP contribution is -2.39. The van der Waals surface area contributed by atoms with Crippen molar-refractivity contribution in [3.8, 4) is 0 Å². The maximum atomic E-state index is 12.8. The highest BCUT2D eigenvalue weighted by Crippen LogP contribution is 2.24. The van der Waals surface area contributed by atoms with Crippen LogP contribution in [0, 0.1) is 6.92 Å². The minimum absolute atomic E-state index is 0.312. The van der Waals surface area contributed by atoms with E-state index in [1.54, 1.807) is 29.5 Å². The number of rotatable bonds is 5. The predicted octanol–water partition coefficient (Wildman–Crippen LogP) is 1.52. The second-order valence-corrected chi connectivity index (χ2v) is 8.40. The molecule has 0 unspecified atom stereocenters. The summed E-state index contributed by atoms with van der Waals surface area (Å²) in [6.45, 7) is 2.17. The van der Waals surface area contributed by atoms with E-state index in [-0.39, 0.29) is 11.2 Å². The zero-order valence-electron chi connectivity index (χ0n) is 17.3. The van der Waals surface area contributed by atoms with Crippen molar-refractivity contribution in [3.05, 3.63) is 57.3 Å². The summed E-state index contributed by atoms with van der Waals surface area (Å²) in [5.74, 6) is 1.35. The lowest BCUT2D eigenvalue weighted by Gasteiger charge is -2.09. The molecule has 0 fully saturated rings. The third-order valence-corrected chi connectivity index (χ3v) is 6.23. The number of aryl methyl sites for hydroxylation is 3. The summed E-state index contributed by atoms with van der Waals surface area (Å²) in [4.78, 5) is 38.9. The molecule has 4 aromatic heterocycles. The molecule has 0 spiro atoms. The van der Waals surface area contributed by atoms with Gasteiger partial charge in [-0.05, 0) is 25.5 Å². The van der Waals surface area contributed by atoms with Gasteiger partial charge in [0.25, 0.3) is 5.56 Å². The van der Waals surface area contributed by atoms with Gasteiger partial charge in [0.15, 0.2) is 22.0 Å². The monoisotopic (exact) mass is 436 g/mol. The van der Waals surface area contributed by atoms with Crippen LogP contribution in [0.3, 0.4) is 0 Å². The summed E-state index contributed by atoms with van der Waals surface area (Å²) in [7, 11) is 3.38. The molecule has 0 aliphatic heterocycles. The first-order valence-corrected chi connectivity index (χ1v) is 10.8. The van der Waals surface area contributed by atoms with Gasteiger partial charge in [0.05, 0.1) is 11.8 Å². The average molecular weight is 437 g/mol. The molecular formula is C20H20N8O2S. The van der Waals surface area contributed by atoms with E-state index in [1.165, 1.54) is 20.9 Å². The van der Waals surface area contributed by atoms with Gasteiger partial charge in [0, 0.05) is 31.8 Å². The van der Waals surface area contributed by atoms with E-state index < -0.39 is 0 Å². The van der Waals surface area contributed by atoms with Gasteiger partial charge in [-0.2, -0.15) is 4.52 Å². The maximum Gasteiger partial charge on any atom is 0.332 e. The minimum atomic E-state index is -0.362. The first-order chi connectivity index (χ1) is 15.0. The Bertz CT molecular complexity index is 1580. The topological polar surface area (TPSA) is 105 Å². The Morgan fingerprint density at radius 2 is 1.87 bits per heavy atom. The Hall–Kier alpha value is -3.47. The number of benzene rings is 1. The van der Waals surface area contributed by atoms with Crippen molar-refractivity contribution in [2.24, 2.45) is 14.1 Å². The van der Waals surface area contributed by atoms with Crippen LogP contribution in [0.15, 0.2) is 45.3 Å². The van der Waals surface area contributed by atoms with Crippen molar-refractivity contribution in [2.75, 3.05) is 5.75 Å². The molecule has 4 heterocycles. The number of para-hydroxylation sites is 1. The number of fused-ring (bicyclic) bond motifs is 4. The fourth-order valence-corrected chi connectivity index (χ4v) is 4.57. The van der Waals surface area contributed by atoms with Gasteiger partial charge >= 0.3 is 5.69 Å². The number of hydrogen-bond donors (Lipinski definition) is 0. The second-order valence-electron chi connectivity index (χ2n) is 7.33. The summed E-state index contributed by atoms with van der Waals surface area (Å²) >= 11 is 1.53. The highest BCUT2D eigenvalue weighted by atomic mass is 32.2. The van der Waals surface area contributed by atoms with Crippen molar-refractivity contribution >= 4 is 39.5 Å². The van der Waals surface area contributed by atoms with Crippen LogP contribution >= 0.6 is 11.8 Å². The Morgan fingerprint density at radius 1 is 1.06 bits per heavy atom. The summed E-state index contributed by atoms with van der Waals surface area (Å²) in [6.07, 6.45) is 2.16. The lowest BCUT2D eigenvalue weighted by atomic mass is 10.2. The Balaban J connectivity index is 1.41. The SMILES string of the molecule is Cc1nc2c3ccccc3nc(SCCCn3c(=O)c4c(ncn4C)n(C)c3=O)n2n1. The van der Waals surface area contributed by atoms with Crippen LogP contribution in [0.5, 0.6) is 0 Å². The van der Waals surface area contributed by atoms with Crippen LogP contribution in [0.1, 0.15) is 12.2 Å². The average Bonchev–Trinajstić information content (AvgIpc) is 3.34. The fraction of sp³-hybridized carbons (Fsp3) is 0.300. The molecular weight excluding hydrogens is 416 g/mol. The summed E-state index contributed by atoms with van der Waals surface area (Å²) in [5, 5.41) is 6.17. The summed E-state index contributed by atoms with van der Waals surface area (Å²) in [6, 6.07) is 7.84. The van der Waals surface area contributed by atoms with Gasteiger partial charge in [-0.15, -0.1) is 5.10 Å². The fourth-order valence-electron chi connectivity index (χ4n) is 3.71. The Labute approximate surface area is 180 Å². The first kappa shape index (κ1) is 19.5. The van der Waals surface area contributed by atoms with E-state index in [4.69, 9.17) is 4.98 Å². The summed E-state index contributed by atoms with van der Waals surface area (Å²) < 4.78 is 6.09. The van der Waals surface area contributed by atoms with E-state index in [0.29, 0.717) is 35.7 Å². The predicted molar refractivity (Wildman–Crippen MR) is 119 cm³/mol. The molecule has 0 amide bonds. The molecule has 11 heteroatoms. The highest BCUT2D eigenvalue weighted by Gasteiger charge is 2.15. The molecule has 1 aromatic carbocycles. The minimum Gasteiger partial charge on any atom is -0.328 e. The van der Waals surface area contributed by atoms with Crippen LogP contribution in [0.2, 0.25) is 0 Å². The zero-order valence-corrected chi connectivity index (χ0v) is 18.1. The van der Waals surface area contributed by atoms with E-state index in [9.17, 15) is 9.59 Å². The number of aromatic nitrogens is 8. The molecule has 5 aromatic rings. The number of imidazole rings is 1. The van der Waals surface area contributed by atoms with Crippen molar-refractivity contribution in [3.63, 3.8) is 0 Å². The molecule has 0 aliphatic carbocycles. The second kappa shape index (κ2) is 7.34. The largest absolute Gasteiger partial charge is 0.332 e. The summed E-state index contributed by atoms with van der Waals surface area (Å²) in [5.41, 5.74) is 1.77. The maximum absolute atomic E-state index is 12.8. The quantitative estimate of drug-likeness (QED) is 0.234. The van der Waals surface area contributed by atoms with E-state index in [0.717, 1.165) is 21.7 Å². The van der Waals surface area contributed by atoms with E-state index in [1.807, 2.05) is 31.2 Å². The van der Waals surface area contributed by atoms with Crippen LogP contribution < -0.4 is 11.2 Å². The van der Waals surface area contributed by atoms with Gasteiger partial charge in [-0.1, -0.05) is 23.9 Å². The van der Waals surface area contributed by atoms with Gasteiger partial charge in [0.2, 0.25) is 0 Å². The molecule has 0 saturated heterocycles. The normalized spacial score (nSPS) is 11.8. The molecule has 0 bridgehead atoms. The molecule has 31 heavy (non-hydrogen) atoms. The van der Waals surface area contributed by atoms with Crippen LogP contribution in [-0.2, 0) is 20.6 Å². The number of hydrogen-bond acceptors (Lipinski definition) is 7. The molecule has 0 saturated carbocycles. The molecule has 0 N–H and O–H groups in total. The first-order valence-electron chi connectivity index (χ1n) is 9.81. The molecule has 5 rings (SSSR count). The van der Waals surface area contributed by atoms with Crippen LogP contribution in [0.25, 0.3) is 27.7 Å².